The summed E-state index contributed by atoms with van der Waals surface area (Å²) in [7, 11) is 0. The van der Waals surface area contributed by atoms with E-state index >= 15 is 0 Å². The highest BCUT2D eigenvalue weighted by Gasteiger charge is 2.31. The Hall–Kier alpha value is -3.45. The minimum absolute atomic E-state index is 0.0172. The predicted molar refractivity (Wildman–Crippen MR) is 121 cm³/mol. The molecule has 1 fully saturated rings. The highest BCUT2D eigenvalue weighted by atomic mass is 16.5. The molecule has 1 N–H and O–H groups in total. The molecule has 0 aromatic heterocycles. The van der Waals surface area contributed by atoms with Crippen molar-refractivity contribution in [2.75, 3.05) is 19.6 Å². The number of amides is 3. The van der Waals surface area contributed by atoms with E-state index in [-0.39, 0.29) is 36.5 Å². The average molecular weight is 434 g/mol. The van der Waals surface area contributed by atoms with E-state index in [2.05, 4.69) is 11.9 Å². The molecule has 0 saturated carbocycles. The van der Waals surface area contributed by atoms with Gasteiger partial charge in [0.15, 0.2) is 0 Å². The molecule has 0 aliphatic carbocycles. The van der Waals surface area contributed by atoms with E-state index in [1.165, 1.54) is 4.90 Å². The zero-order valence-electron chi connectivity index (χ0n) is 18.3. The van der Waals surface area contributed by atoms with Gasteiger partial charge in [0.05, 0.1) is 12.2 Å². The number of carbonyl (C=O) groups is 3. The van der Waals surface area contributed by atoms with Gasteiger partial charge in [-0.05, 0) is 37.6 Å². The fourth-order valence-corrected chi connectivity index (χ4v) is 4.19. The number of ether oxygens (including phenoxy) is 1. The summed E-state index contributed by atoms with van der Waals surface area (Å²) in [4.78, 5) is 40.9. The molecule has 2 aliphatic heterocycles. The number of benzene rings is 2. The third-order valence-corrected chi connectivity index (χ3v) is 5.74. The standard InChI is InChI=1S/C25H27N3O4/c1-16-13-27(14-17(2)32-16)24(30)20-10-8-19(9-11-20)12-26-23(29)15-28-18(3)21-6-4-5-7-22(21)25(28)31/h4-11,16-17H,3,12-15H2,1-2H3,(H,26,29). The molecule has 2 aromatic rings. The van der Waals surface area contributed by atoms with E-state index in [1.54, 1.807) is 24.3 Å². The Bertz CT molecular complexity index is 1020. The zero-order chi connectivity index (χ0) is 22.8. The SMILES string of the molecule is C=C1c2ccccc2C(=O)N1CC(=O)NCc1ccc(C(=O)N2CC(C)OC(C)C2)cc1. The van der Waals surface area contributed by atoms with Crippen LogP contribution < -0.4 is 5.32 Å². The first-order valence-corrected chi connectivity index (χ1v) is 10.7. The van der Waals surface area contributed by atoms with Gasteiger partial charge in [0.25, 0.3) is 11.8 Å². The highest BCUT2D eigenvalue weighted by molar-refractivity contribution is 6.10. The Morgan fingerprint density at radius 1 is 1.03 bits per heavy atom. The van der Waals surface area contributed by atoms with Gasteiger partial charge in [-0.25, -0.2) is 0 Å². The minimum Gasteiger partial charge on any atom is -0.372 e. The van der Waals surface area contributed by atoms with Gasteiger partial charge in [-0.2, -0.15) is 0 Å². The van der Waals surface area contributed by atoms with Crippen LogP contribution in [0.15, 0.2) is 55.1 Å². The van der Waals surface area contributed by atoms with Crippen molar-refractivity contribution in [3.05, 3.63) is 77.4 Å². The van der Waals surface area contributed by atoms with Crippen molar-refractivity contribution in [3.8, 4) is 0 Å². The second kappa shape index (κ2) is 8.96. The number of hydrogen-bond acceptors (Lipinski definition) is 4. The number of nitrogens with one attached hydrogen (secondary N) is 1. The van der Waals surface area contributed by atoms with Crippen LogP contribution in [-0.4, -0.2) is 59.4 Å². The Balaban J connectivity index is 1.31. The lowest BCUT2D eigenvalue weighted by Crippen LogP contribution is -2.48. The van der Waals surface area contributed by atoms with E-state index in [0.717, 1.165) is 11.1 Å². The van der Waals surface area contributed by atoms with Crippen LogP contribution in [0.2, 0.25) is 0 Å². The van der Waals surface area contributed by atoms with Crippen LogP contribution in [0.1, 0.15) is 45.7 Å². The molecular weight excluding hydrogens is 406 g/mol. The molecule has 2 unspecified atom stereocenters. The lowest BCUT2D eigenvalue weighted by atomic mass is 10.1. The van der Waals surface area contributed by atoms with Crippen LogP contribution in [-0.2, 0) is 16.1 Å². The molecule has 7 nitrogen and oxygen atoms in total. The quantitative estimate of drug-likeness (QED) is 0.786. The molecule has 32 heavy (non-hydrogen) atoms. The van der Waals surface area contributed by atoms with Crippen LogP contribution in [0.5, 0.6) is 0 Å². The molecular formula is C25H27N3O4. The van der Waals surface area contributed by atoms with Crippen LogP contribution in [0, 0.1) is 0 Å². The molecule has 3 amide bonds. The van der Waals surface area contributed by atoms with Crippen LogP contribution in [0.3, 0.4) is 0 Å². The van der Waals surface area contributed by atoms with Crippen molar-refractivity contribution in [2.45, 2.75) is 32.6 Å². The summed E-state index contributed by atoms with van der Waals surface area (Å²) in [6.45, 7) is 9.25. The molecule has 4 rings (SSSR count). The monoisotopic (exact) mass is 433 g/mol. The number of nitrogens with zero attached hydrogens (tertiary/aromatic N) is 2. The fraction of sp³-hybridized carbons (Fsp3) is 0.320. The molecule has 1 saturated heterocycles. The second-order valence-corrected chi connectivity index (χ2v) is 8.32. The Morgan fingerprint density at radius 3 is 2.28 bits per heavy atom. The van der Waals surface area contributed by atoms with Gasteiger partial charge in [-0.15, -0.1) is 0 Å². The lowest BCUT2D eigenvalue weighted by Gasteiger charge is -2.35. The van der Waals surface area contributed by atoms with Crippen LogP contribution in [0.25, 0.3) is 5.70 Å². The van der Waals surface area contributed by atoms with Crippen molar-refractivity contribution in [1.29, 1.82) is 0 Å². The van der Waals surface area contributed by atoms with Gasteiger partial charge in [-0.1, -0.05) is 36.9 Å². The normalized spacial score (nSPS) is 20.3. The summed E-state index contributed by atoms with van der Waals surface area (Å²) in [6, 6.07) is 14.4. The maximum Gasteiger partial charge on any atom is 0.259 e. The van der Waals surface area contributed by atoms with E-state index in [4.69, 9.17) is 4.74 Å². The summed E-state index contributed by atoms with van der Waals surface area (Å²) in [6.07, 6.45) is 0.0343. The van der Waals surface area contributed by atoms with E-state index in [1.807, 2.05) is 43.0 Å². The van der Waals surface area contributed by atoms with Crippen molar-refractivity contribution in [3.63, 3.8) is 0 Å². The van der Waals surface area contributed by atoms with Crippen molar-refractivity contribution in [1.82, 2.24) is 15.1 Å². The molecule has 2 aliphatic rings. The first-order valence-electron chi connectivity index (χ1n) is 10.7. The average Bonchev–Trinajstić information content (AvgIpc) is 3.02. The van der Waals surface area contributed by atoms with Crippen molar-refractivity contribution < 1.29 is 19.1 Å². The molecule has 0 spiro atoms. The van der Waals surface area contributed by atoms with Crippen LogP contribution in [0.4, 0.5) is 0 Å². The van der Waals surface area contributed by atoms with Crippen molar-refractivity contribution in [2.24, 2.45) is 0 Å². The topological polar surface area (TPSA) is 79.0 Å². The molecule has 0 bridgehead atoms. The largest absolute Gasteiger partial charge is 0.372 e. The van der Waals surface area contributed by atoms with E-state index in [9.17, 15) is 14.4 Å². The maximum absolute atomic E-state index is 12.8. The predicted octanol–water partition coefficient (Wildman–Crippen LogP) is 2.68. The van der Waals surface area contributed by atoms with Gasteiger partial charge < -0.3 is 15.0 Å². The minimum atomic E-state index is -0.274. The summed E-state index contributed by atoms with van der Waals surface area (Å²) < 4.78 is 5.69. The number of hydrogen-bond donors (Lipinski definition) is 1. The van der Waals surface area contributed by atoms with Gasteiger partial charge in [0, 0.05) is 42.0 Å². The maximum atomic E-state index is 12.8. The van der Waals surface area contributed by atoms with Crippen molar-refractivity contribution >= 4 is 23.4 Å². The lowest BCUT2D eigenvalue weighted by molar-refractivity contribution is -0.121. The summed E-state index contributed by atoms with van der Waals surface area (Å²) in [5.74, 6) is -0.507. The number of fused-ring (bicyclic) bond motifs is 1. The fourth-order valence-electron chi connectivity index (χ4n) is 4.19. The molecule has 7 heteroatoms. The van der Waals surface area contributed by atoms with Gasteiger partial charge in [0.2, 0.25) is 5.91 Å². The number of morpholine rings is 1. The molecule has 0 radical (unpaired) electrons. The first kappa shape index (κ1) is 21.8. The van der Waals surface area contributed by atoms with Gasteiger partial charge >= 0.3 is 0 Å². The van der Waals surface area contributed by atoms with Crippen LogP contribution >= 0.6 is 0 Å². The second-order valence-electron chi connectivity index (χ2n) is 8.32. The molecule has 2 heterocycles. The summed E-state index contributed by atoms with van der Waals surface area (Å²) in [5.41, 5.74) is 3.34. The smallest absolute Gasteiger partial charge is 0.259 e. The Labute approximate surface area is 187 Å². The summed E-state index contributed by atoms with van der Waals surface area (Å²) in [5, 5.41) is 2.83. The molecule has 2 atom stereocenters. The first-order chi connectivity index (χ1) is 15.3. The Morgan fingerprint density at radius 2 is 1.66 bits per heavy atom. The Kier molecular flexibility index (Phi) is 6.10. The highest BCUT2D eigenvalue weighted by Crippen LogP contribution is 2.30. The molecule has 2 aromatic carbocycles. The third kappa shape index (κ3) is 4.43. The third-order valence-electron chi connectivity index (χ3n) is 5.74. The van der Waals surface area contributed by atoms with E-state index in [0.29, 0.717) is 36.5 Å². The number of rotatable bonds is 5. The summed E-state index contributed by atoms with van der Waals surface area (Å²) >= 11 is 0. The number of carbonyl (C=O) groups excluding carboxylic acids is 3. The molecule has 166 valence electrons. The van der Waals surface area contributed by atoms with Gasteiger partial charge in [-0.3, -0.25) is 19.3 Å². The van der Waals surface area contributed by atoms with Gasteiger partial charge in [0.1, 0.15) is 6.54 Å². The zero-order valence-corrected chi connectivity index (χ0v) is 18.3. The van der Waals surface area contributed by atoms with E-state index < -0.39 is 0 Å².